The lowest BCUT2D eigenvalue weighted by molar-refractivity contribution is 0.105. The van der Waals surface area contributed by atoms with Crippen LogP contribution in [0.5, 0.6) is 0 Å². The van der Waals surface area contributed by atoms with Crippen molar-refractivity contribution in [1.29, 1.82) is 0 Å². The van der Waals surface area contributed by atoms with E-state index in [1.54, 1.807) is 12.1 Å². The van der Waals surface area contributed by atoms with Crippen LogP contribution in [0.15, 0.2) is 66.9 Å². The van der Waals surface area contributed by atoms with Gasteiger partial charge in [0.2, 0.25) is 0 Å². The van der Waals surface area contributed by atoms with Gasteiger partial charge in [-0.2, -0.15) is 0 Å². The molecule has 3 heteroatoms. The molecule has 0 radical (unpaired) electrons. The Labute approximate surface area is 128 Å². The largest absolute Gasteiger partial charge is 0.515 e. The number of rotatable bonds is 3. The Hall–Kier alpha value is -2.94. The van der Waals surface area contributed by atoms with Crippen molar-refractivity contribution >= 4 is 22.3 Å². The van der Waals surface area contributed by atoms with E-state index in [-0.39, 0.29) is 11.4 Å². The monoisotopic (exact) mass is 289 g/mol. The number of hydrogen-bond acceptors (Lipinski definition) is 3. The van der Waals surface area contributed by atoms with E-state index in [4.69, 9.17) is 0 Å². The van der Waals surface area contributed by atoms with Gasteiger partial charge >= 0.3 is 0 Å². The van der Waals surface area contributed by atoms with Gasteiger partial charge in [-0.15, -0.1) is 0 Å². The Morgan fingerprint density at radius 3 is 2.50 bits per heavy atom. The maximum Gasteiger partial charge on any atom is 0.198 e. The third-order valence-electron chi connectivity index (χ3n) is 3.64. The Morgan fingerprint density at radius 1 is 1.00 bits per heavy atom. The molecule has 1 aromatic heterocycles. The summed E-state index contributed by atoms with van der Waals surface area (Å²) >= 11 is 0. The number of aliphatic hydroxyl groups is 1. The summed E-state index contributed by atoms with van der Waals surface area (Å²) in [6.45, 7) is 1.87. The van der Waals surface area contributed by atoms with Crippen molar-refractivity contribution < 1.29 is 9.90 Å². The second-order valence-corrected chi connectivity index (χ2v) is 5.08. The predicted molar refractivity (Wildman–Crippen MR) is 87.9 cm³/mol. The second-order valence-electron chi connectivity index (χ2n) is 5.08. The molecule has 1 N–H and O–H groups in total. The molecule has 0 saturated heterocycles. The zero-order valence-corrected chi connectivity index (χ0v) is 12.2. The zero-order chi connectivity index (χ0) is 15.5. The highest BCUT2D eigenvalue weighted by atomic mass is 16.2. The van der Waals surface area contributed by atoms with Gasteiger partial charge in [0.05, 0.1) is 23.0 Å². The number of para-hydroxylation sites is 1. The number of carbonyl (C=O) groups is 1. The molecule has 3 rings (SSSR count). The number of carbonyl (C=O) groups excluding carboxylic acids is 1. The van der Waals surface area contributed by atoms with E-state index in [1.807, 2.05) is 55.5 Å². The normalized spacial score (nSPS) is 11.6. The van der Waals surface area contributed by atoms with E-state index in [0.717, 1.165) is 22.7 Å². The van der Waals surface area contributed by atoms with Crippen molar-refractivity contribution in [3.8, 4) is 0 Å². The van der Waals surface area contributed by atoms with Crippen LogP contribution in [-0.4, -0.2) is 15.9 Å². The van der Waals surface area contributed by atoms with Gasteiger partial charge in [0.1, 0.15) is 0 Å². The lowest BCUT2D eigenvalue weighted by atomic mass is 9.97. The van der Waals surface area contributed by atoms with E-state index in [9.17, 15) is 9.90 Å². The molecule has 108 valence electrons. The number of aromatic nitrogens is 1. The quantitative estimate of drug-likeness (QED) is 0.443. The number of aliphatic hydroxyl groups excluding tert-OH is 1. The fraction of sp³-hybridized carbons (Fsp3) is 0.0526. The topological polar surface area (TPSA) is 50.2 Å². The van der Waals surface area contributed by atoms with Gasteiger partial charge in [-0.05, 0) is 24.6 Å². The number of Topliss-reactive ketones (excluding diaryl/α,β-unsaturated/α-hetero) is 1. The third kappa shape index (κ3) is 2.49. The fourth-order valence-electron chi connectivity index (χ4n) is 2.43. The number of benzene rings is 2. The molecule has 0 fully saturated rings. The Kier molecular flexibility index (Phi) is 3.71. The molecule has 0 spiro atoms. The summed E-state index contributed by atoms with van der Waals surface area (Å²) in [6.07, 6.45) is 0.839. The van der Waals surface area contributed by atoms with Crippen LogP contribution < -0.4 is 0 Å². The molecule has 3 aromatic rings. The molecule has 0 aliphatic heterocycles. The average molecular weight is 289 g/mol. The summed E-state index contributed by atoms with van der Waals surface area (Å²) in [5.74, 6) is -0.233. The van der Waals surface area contributed by atoms with E-state index in [2.05, 4.69) is 4.98 Å². The minimum atomic E-state index is -0.233. The highest BCUT2D eigenvalue weighted by Crippen LogP contribution is 2.22. The Balaban J connectivity index is 2.07. The van der Waals surface area contributed by atoms with E-state index < -0.39 is 0 Å². The van der Waals surface area contributed by atoms with Crippen molar-refractivity contribution in [1.82, 2.24) is 4.98 Å². The number of pyridine rings is 1. The molecular weight excluding hydrogens is 274 g/mol. The molecule has 0 atom stereocenters. The highest BCUT2D eigenvalue weighted by Gasteiger charge is 2.17. The van der Waals surface area contributed by atoms with Gasteiger partial charge < -0.3 is 5.11 Å². The Morgan fingerprint density at radius 2 is 1.73 bits per heavy atom. The van der Waals surface area contributed by atoms with Crippen LogP contribution in [0.4, 0.5) is 0 Å². The number of nitrogens with zero attached hydrogens (tertiary/aromatic N) is 1. The SMILES string of the molecule is Cc1ccccc1C(=O)C(=CO)c1ccc2ccccc2n1. The summed E-state index contributed by atoms with van der Waals surface area (Å²) < 4.78 is 0. The molecular formula is C19H15NO2. The summed E-state index contributed by atoms with van der Waals surface area (Å²) in [7, 11) is 0. The van der Waals surface area contributed by atoms with Crippen molar-refractivity contribution in [3.05, 3.63) is 83.7 Å². The smallest absolute Gasteiger partial charge is 0.198 e. The molecule has 0 aliphatic carbocycles. The fourth-order valence-corrected chi connectivity index (χ4v) is 2.43. The van der Waals surface area contributed by atoms with Crippen LogP contribution in [0.2, 0.25) is 0 Å². The molecule has 0 unspecified atom stereocenters. The molecule has 22 heavy (non-hydrogen) atoms. The van der Waals surface area contributed by atoms with Gasteiger partial charge in [0, 0.05) is 10.9 Å². The van der Waals surface area contributed by atoms with Gasteiger partial charge in [-0.1, -0.05) is 48.5 Å². The zero-order valence-electron chi connectivity index (χ0n) is 12.2. The molecule has 0 amide bonds. The molecule has 0 bridgehead atoms. The van der Waals surface area contributed by atoms with Crippen molar-refractivity contribution in [2.75, 3.05) is 0 Å². The summed E-state index contributed by atoms with van der Waals surface area (Å²) in [6, 6.07) is 18.6. The van der Waals surface area contributed by atoms with Crippen LogP contribution >= 0.6 is 0 Å². The lowest BCUT2D eigenvalue weighted by Gasteiger charge is -2.08. The summed E-state index contributed by atoms with van der Waals surface area (Å²) in [4.78, 5) is 17.1. The van der Waals surface area contributed by atoms with Crippen LogP contribution in [-0.2, 0) is 0 Å². The van der Waals surface area contributed by atoms with E-state index in [1.165, 1.54) is 0 Å². The first kappa shape index (κ1) is 14.0. The first-order valence-corrected chi connectivity index (χ1v) is 7.01. The minimum Gasteiger partial charge on any atom is -0.515 e. The van der Waals surface area contributed by atoms with Gasteiger partial charge in [-0.3, -0.25) is 4.79 Å². The molecule has 0 saturated carbocycles. The summed E-state index contributed by atoms with van der Waals surface area (Å²) in [5.41, 5.74) is 2.89. The molecule has 3 nitrogen and oxygen atoms in total. The number of allylic oxidation sites excluding steroid dienone is 1. The number of aryl methyl sites for hydroxylation is 1. The first-order chi connectivity index (χ1) is 10.7. The van der Waals surface area contributed by atoms with Gasteiger partial charge in [0.25, 0.3) is 0 Å². The number of hydrogen-bond donors (Lipinski definition) is 1. The molecule has 1 heterocycles. The van der Waals surface area contributed by atoms with Crippen LogP contribution in [0, 0.1) is 6.92 Å². The third-order valence-corrected chi connectivity index (χ3v) is 3.64. The summed E-state index contributed by atoms with van der Waals surface area (Å²) in [5, 5.41) is 10.5. The van der Waals surface area contributed by atoms with E-state index in [0.29, 0.717) is 11.3 Å². The van der Waals surface area contributed by atoms with Crippen molar-refractivity contribution in [3.63, 3.8) is 0 Å². The minimum absolute atomic E-state index is 0.194. The van der Waals surface area contributed by atoms with E-state index >= 15 is 0 Å². The average Bonchev–Trinajstić information content (AvgIpc) is 2.55. The van der Waals surface area contributed by atoms with Gasteiger partial charge in [-0.25, -0.2) is 4.98 Å². The highest BCUT2D eigenvalue weighted by molar-refractivity contribution is 6.28. The second kappa shape index (κ2) is 5.82. The lowest BCUT2D eigenvalue weighted by Crippen LogP contribution is -2.06. The maximum absolute atomic E-state index is 12.7. The Bertz CT molecular complexity index is 881. The van der Waals surface area contributed by atoms with Crippen LogP contribution in [0.25, 0.3) is 16.5 Å². The maximum atomic E-state index is 12.7. The van der Waals surface area contributed by atoms with Crippen molar-refractivity contribution in [2.45, 2.75) is 6.92 Å². The standard InChI is InChI=1S/C19H15NO2/c1-13-6-2-4-8-15(13)19(22)16(12-21)18-11-10-14-7-3-5-9-17(14)20-18/h2-12,21H,1H3. The van der Waals surface area contributed by atoms with Crippen LogP contribution in [0.3, 0.4) is 0 Å². The van der Waals surface area contributed by atoms with Crippen LogP contribution in [0.1, 0.15) is 21.6 Å². The first-order valence-electron chi connectivity index (χ1n) is 7.01. The molecule has 2 aromatic carbocycles. The number of fused-ring (bicyclic) bond motifs is 1. The number of ketones is 1. The molecule has 0 aliphatic rings. The van der Waals surface area contributed by atoms with Crippen molar-refractivity contribution in [2.24, 2.45) is 0 Å². The van der Waals surface area contributed by atoms with Gasteiger partial charge in [0.15, 0.2) is 5.78 Å². The predicted octanol–water partition coefficient (Wildman–Crippen LogP) is 4.33.